The van der Waals surface area contributed by atoms with Gasteiger partial charge in [-0.2, -0.15) is 0 Å². The number of nitrogens with one attached hydrogen (secondary N) is 1. The van der Waals surface area contributed by atoms with Crippen LogP contribution in [0.2, 0.25) is 0 Å². The van der Waals surface area contributed by atoms with E-state index in [1.807, 2.05) is 26.8 Å². The number of ether oxygens (including phenoxy) is 2. The molecule has 0 aromatic heterocycles. The van der Waals surface area contributed by atoms with Gasteiger partial charge in [0.25, 0.3) is 0 Å². The summed E-state index contributed by atoms with van der Waals surface area (Å²) >= 11 is 3.53. The third-order valence-corrected chi connectivity index (χ3v) is 5.07. The van der Waals surface area contributed by atoms with E-state index in [1.54, 1.807) is 13.0 Å². The lowest BCUT2D eigenvalue weighted by molar-refractivity contribution is -0.153. The molecular formula is C20H30BrN3O4. The Balaban J connectivity index is 1.89. The molecule has 28 heavy (non-hydrogen) atoms. The predicted octanol–water partition coefficient (Wildman–Crippen LogP) is 2.71. The molecule has 7 nitrogen and oxygen atoms in total. The first-order chi connectivity index (χ1) is 13.1. The fourth-order valence-electron chi connectivity index (χ4n) is 3.13. The molecule has 0 saturated carbocycles. The molecule has 8 heteroatoms. The van der Waals surface area contributed by atoms with Crippen molar-refractivity contribution in [3.05, 3.63) is 27.7 Å². The molecule has 156 valence electrons. The first-order valence-corrected chi connectivity index (χ1v) is 10.3. The highest BCUT2D eigenvalue weighted by Crippen LogP contribution is 2.27. The van der Waals surface area contributed by atoms with E-state index in [9.17, 15) is 9.59 Å². The standard InChI is InChI=1S/C20H30BrN3O4/c1-5-27-19(26)15-9-16(21)13(8-17(15)22)11-24-7-6-14(12-24)23-10-18(25)28-20(2,3)4/h8-9,14,23H,5-7,10-12,22H2,1-4H3/t14-/m1/s1. The molecule has 0 aliphatic carbocycles. The van der Waals surface area contributed by atoms with Gasteiger partial charge in [0.05, 0.1) is 18.7 Å². The maximum absolute atomic E-state index is 12.0. The van der Waals surface area contributed by atoms with Crippen molar-refractivity contribution in [2.45, 2.75) is 52.3 Å². The van der Waals surface area contributed by atoms with Crippen LogP contribution in [0, 0.1) is 0 Å². The van der Waals surface area contributed by atoms with Crippen molar-refractivity contribution in [3.8, 4) is 0 Å². The number of anilines is 1. The summed E-state index contributed by atoms with van der Waals surface area (Å²) in [5.41, 5.74) is 7.38. The smallest absolute Gasteiger partial charge is 0.340 e. The van der Waals surface area contributed by atoms with Crippen LogP contribution in [-0.2, 0) is 20.8 Å². The Labute approximate surface area is 175 Å². The van der Waals surface area contributed by atoms with E-state index < -0.39 is 11.6 Å². The lowest BCUT2D eigenvalue weighted by Gasteiger charge is -2.21. The molecule has 0 radical (unpaired) electrons. The fourth-order valence-corrected chi connectivity index (χ4v) is 3.60. The Bertz CT molecular complexity index is 718. The number of halogens is 1. The largest absolute Gasteiger partial charge is 0.462 e. The van der Waals surface area contributed by atoms with Crippen molar-refractivity contribution in [1.29, 1.82) is 0 Å². The molecule has 1 aromatic carbocycles. The van der Waals surface area contributed by atoms with Gasteiger partial charge in [-0.3, -0.25) is 9.69 Å². The average Bonchev–Trinajstić information content (AvgIpc) is 3.02. The second kappa shape index (κ2) is 9.71. The number of rotatable bonds is 7. The molecule has 0 spiro atoms. The maximum atomic E-state index is 12.0. The second-order valence-corrected chi connectivity index (χ2v) is 8.79. The van der Waals surface area contributed by atoms with Crippen molar-refractivity contribution in [2.24, 2.45) is 0 Å². The van der Waals surface area contributed by atoms with Gasteiger partial charge in [0, 0.05) is 35.8 Å². The van der Waals surface area contributed by atoms with Crippen LogP contribution in [-0.4, -0.2) is 54.7 Å². The molecule has 0 amide bonds. The summed E-state index contributed by atoms with van der Waals surface area (Å²) in [6.07, 6.45) is 0.955. The molecule has 2 rings (SSSR count). The molecule has 1 heterocycles. The molecule has 1 aromatic rings. The highest BCUT2D eigenvalue weighted by molar-refractivity contribution is 9.10. The van der Waals surface area contributed by atoms with Crippen molar-refractivity contribution >= 4 is 33.6 Å². The zero-order valence-electron chi connectivity index (χ0n) is 17.0. The number of hydrogen-bond donors (Lipinski definition) is 2. The van der Waals surface area contributed by atoms with Gasteiger partial charge in [0.1, 0.15) is 5.60 Å². The van der Waals surface area contributed by atoms with Crippen LogP contribution >= 0.6 is 15.9 Å². The highest BCUT2D eigenvalue weighted by Gasteiger charge is 2.25. The van der Waals surface area contributed by atoms with Gasteiger partial charge >= 0.3 is 11.9 Å². The van der Waals surface area contributed by atoms with Crippen LogP contribution in [0.15, 0.2) is 16.6 Å². The molecular weight excluding hydrogens is 426 g/mol. The Kier molecular flexibility index (Phi) is 7.86. The third kappa shape index (κ3) is 6.76. The van der Waals surface area contributed by atoms with Crippen LogP contribution in [0.4, 0.5) is 5.69 Å². The van der Waals surface area contributed by atoms with Gasteiger partial charge in [-0.05, 0) is 51.8 Å². The zero-order valence-corrected chi connectivity index (χ0v) is 18.6. The Morgan fingerprint density at radius 3 is 2.71 bits per heavy atom. The number of esters is 2. The second-order valence-electron chi connectivity index (χ2n) is 7.94. The van der Waals surface area contributed by atoms with Crippen LogP contribution in [0.25, 0.3) is 0 Å². The molecule has 0 unspecified atom stereocenters. The molecule has 1 saturated heterocycles. The summed E-state index contributed by atoms with van der Waals surface area (Å²) in [7, 11) is 0. The zero-order chi connectivity index (χ0) is 20.9. The SMILES string of the molecule is CCOC(=O)c1cc(Br)c(CN2CC[C@@H](NCC(=O)OC(C)(C)C)C2)cc1N. The number of nitrogens with zero attached hydrogens (tertiary/aromatic N) is 1. The lowest BCUT2D eigenvalue weighted by atomic mass is 10.1. The lowest BCUT2D eigenvalue weighted by Crippen LogP contribution is -2.38. The number of nitrogens with two attached hydrogens (primary N) is 1. The van der Waals surface area contributed by atoms with E-state index in [2.05, 4.69) is 26.1 Å². The average molecular weight is 456 g/mol. The van der Waals surface area contributed by atoms with E-state index in [-0.39, 0.29) is 18.6 Å². The first-order valence-electron chi connectivity index (χ1n) is 9.51. The summed E-state index contributed by atoms with van der Waals surface area (Å²) in [5.74, 6) is -0.657. The van der Waals surface area contributed by atoms with E-state index >= 15 is 0 Å². The minimum absolute atomic E-state index is 0.209. The van der Waals surface area contributed by atoms with Gasteiger partial charge in [0.15, 0.2) is 0 Å². The summed E-state index contributed by atoms with van der Waals surface area (Å²) in [5, 5.41) is 3.27. The third-order valence-electron chi connectivity index (χ3n) is 4.34. The quantitative estimate of drug-likeness (QED) is 0.481. The minimum atomic E-state index is -0.470. The van der Waals surface area contributed by atoms with Crippen LogP contribution < -0.4 is 11.1 Å². The fraction of sp³-hybridized carbons (Fsp3) is 0.600. The van der Waals surface area contributed by atoms with E-state index in [4.69, 9.17) is 15.2 Å². The summed E-state index contributed by atoms with van der Waals surface area (Å²) < 4.78 is 11.2. The van der Waals surface area contributed by atoms with Crippen LogP contribution in [0.1, 0.15) is 50.0 Å². The number of carbonyl (C=O) groups excluding carboxylic acids is 2. The topological polar surface area (TPSA) is 93.9 Å². The molecule has 0 bridgehead atoms. The number of likely N-dealkylation sites (tertiary alicyclic amines) is 1. The summed E-state index contributed by atoms with van der Waals surface area (Å²) in [6, 6.07) is 3.77. The van der Waals surface area contributed by atoms with Gasteiger partial charge in [-0.15, -0.1) is 0 Å². The summed E-state index contributed by atoms with van der Waals surface area (Å²) in [6.45, 7) is 10.3. The molecule has 1 aliphatic heterocycles. The summed E-state index contributed by atoms with van der Waals surface area (Å²) in [4.78, 5) is 26.1. The molecule has 3 N–H and O–H groups in total. The molecule has 1 atom stereocenters. The van der Waals surface area contributed by atoms with Gasteiger partial charge in [0.2, 0.25) is 0 Å². The van der Waals surface area contributed by atoms with E-state index in [1.165, 1.54) is 0 Å². The Morgan fingerprint density at radius 2 is 2.07 bits per heavy atom. The van der Waals surface area contributed by atoms with Gasteiger partial charge in [-0.1, -0.05) is 15.9 Å². The predicted molar refractivity (Wildman–Crippen MR) is 112 cm³/mol. The van der Waals surface area contributed by atoms with Crippen LogP contribution in [0.3, 0.4) is 0 Å². The number of benzene rings is 1. The molecule has 1 fully saturated rings. The number of hydrogen-bond acceptors (Lipinski definition) is 7. The minimum Gasteiger partial charge on any atom is -0.462 e. The van der Waals surface area contributed by atoms with Gasteiger partial charge in [-0.25, -0.2) is 4.79 Å². The highest BCUT2D eigenvalue weighted by atomic mass is 79.9. The van der Waals surface area contributed by atoms with E-state index in [0.29, 0.717) is 24.4 Å². The van der Waals surface area contributed by atoms with Crippen LogP contribution in [0.5, 0.6) is 0 Å². The number of carbonyl (C=O) groups is 2. The monoisotopic (exact) mass is 455 g/mol. The van der Waals surface area contributed by atoms with Crippen molar-refractivity contribution < 1.29 is 19.1 Å². The van der Waals surface area contributed by atoms with E-state index in [0.717, 1.165) is 29.5 Å². The normalized spacial score (nSPS) is 17.5. The Hall–Kier alpha value is -1.64. The van der Waals surface area contributed by atoms with Crippen molar-refractivity contribution in [3.63, 3.8) is 0 Å². The first kappa shape index (κ1) is 22.6. The van der Waals surface area contributed by atoms with Crippen molar-refractivity contribution in [2.75, 3.05) is 32.0 Å². The van der Waals surface area contributed by atoms with Gasteiger partial charge < -0.3 is 20.5 Å². The molecule has 1 aliphatic rings. The number of nitrogen functional groups attached to an aromatic ring is 1. The maximum Gasteiger partial charge on any atom is 0.340 e. The van der Waals surface area contributed by atoms with Crippen molar-refractivity contribution in [1.82, 2.24) is 10.2 Å². The Morgan fingerprint density at radius 1 is 1.36 bits per heavy atom.